The molecule has 2 aromatic rings. The predicted octanol–water partition coefficient (Wildman–Crippen LogP) is 1.44. The van der Waals surface area contributed by atoms with Gasteiger partial charge >= 0.3 is 5.97 Å². The van der Waals surface area contributed by atoms with Crippen molar-refractivity contribution in [3.8, 4) is 0 Å². The van der Waals surface area contributed by atoms with Crippen molar-refractivity contribution in [3.63, 3.8) is 0 Å². The molecule has 0 saturated heterocycles. The van der Waals surface area contributed by atoms with E-state index in [4.69, 9.17) is 4.74 Å². The Bertz CT molecular complexity index is 504. The van der Waals surface area contributed by atoms with Gasteiger partial charge in [-0.3, -0.25) is 0 Å². The van der Waals surface area contributed by atoms with Crippen molar-refractivity contribution < 1.29 is 9.53 Å². The van der Waals surface area contributed by atoms with E-state index in [0.29, 0.717) is 17.8 Å². The molecule has 2 rings (SSSR count). The molecule has 0 unspecified atom stereocenters. The number of carbonyl (C=O) groups excluding carboxylic acids is 1. The second kappa shape index (κ2) is 3.68. The molecule has 0 radical (unpaired) electrons. The van der Waals surface area contributed by atoms with Crippen LogP contribution in [-0.4, -0.2) is 27.5 Å². The number of hydrogen-bond donors (Lipinski definition) is 1. The number of aromatic nitrogens is 3. The van der Waals surface area contributed by atoms with Gasteiger partial charge in [-0.2, -0.15) is 0 Å². The number of hydrogen-bond acceptors (Lipinski definition) is 4. The molecule has 0 aliphatic heterocycles. The van der Waals surface area contributed by atoms with Crippen molar-refractivity contribution in [1.82, 2.24) is 15.0 Å². The van der Waals surface area contributed by atoms with Crippen LogP contribution in [0.4, 0.5) is 0 Å². The van der Waals surface area contributed by atoms with Crippen LogP contribution in [0.2, 0.25) is 0 Å². The Morgan fingerprint density at radius 2 is 2.40 bits per heavy atom. The van der Waals surface area contributed by atoms with E-state index in [-0.39, 0.29) is 5.97 Å². The van der Waals surface area contributed by atoms with Crippen molar-refractivity contribution in [2.45, 2.75) is 13.8 Å². The number of imidazole rings is 1. The summed E-state index contributed by atoms with van der Waals surface area (Å²) in [5, 5.41) is 0. The number of rotatable bonds is 2. The number of ether oxygens (including phenoxy) is 1. The lowest BCUT2D eigenvalue weighted by Gasteiger charge is -1.99. The molecule has 0 bridgehead atoms. The molecule has 78 valence electrons. The van der Waals surface area contributed by atoms with Gasteiger partial charge in [0.1, 0.15) is 5.82 Å². The Morgan fingerprint density at radius 1 is 1.60 bits per heavy atom. The van der Waals surface area contributed by atoms with Crippen molar-refractivity contribution in [2.75, 3.05) is 6.61 Å². The maximum absolute atomic E-state index is 11.4. The number of aromatic amines is 1. The van der Waals surface area contributed by atoms with E-state index in [1.54, 1.807) is 13.0 Å². The molecule has 0 saturated carbocycles. The van der Waals surface area contributed by atoms with E-state index < -0.39 is 0 Å². The summed E-state index contributed by atoms with van der Waals surface area (Å²) < 4.78 is 4.87. The van der Waals surface area contributed by atoms with Gasteiger partial charge < -0.3 is 9.72 Å². The quantitative estimate of drug-likeness (QED) is 0.753. The third-order valence-electron chi connectivity index (χ3n) is 1.97. The number of nitrogens with one attached hydrogen (secondary N) is 1. The van der Waals surface area contributed by atoms with E-state index in [2.05, 4.69) is 15.0 Å². The fourth-order valence-electron chi connectivity index (χ4n) is 1.35. The minimum atomic E-state index is -0.362. The maximum Gasteiger partial charge on any atom is 0.339 e. The zero-order valence-electron chi connectivity index (χ0n) is 8.57. The van der Waals surface area contributed by atoms with Gasteiger partial charge in [-0.15, -0.1) is 0 Å². The number of pyridine rings is 1. The molecule has 2 heterocycles. The van der Waals surface area contributed by atoms with Crippen LogP contribution in [0.15, 0.2) is 12.3 Å². The molecule has 0 aliphatic carbocycles. The molecule has 2 aromatic heterocycles. The smallest absolute Gasteiger partial charge is 0.339 e. The SMILES string of the molecule is CCOC(=O)c1cnc2nc(C)[nH]c2c1. The van der Waals surface area contributed by atoms with Crippen LogP contribution < -0.4 is 0 Å². The first kappa shape index (κ1) is 9.64. The average molecular weight is 205 g/mol. The zero-order chi connectivity index (χ0) is 10.8. The number of carbonyl (C=O) groups is 1. The average Bonchev–Trinajstić information content (AvgIpc) is 2.57. The number of H-pyrrole nitrogens is 1. The first-order valence-electron chi connectivity index (χ1n) is 4.70. The number of aryl methyl sites for hydroxylation is 1. The monoisotopic (exact) mass is 205 g/mol. The summed E-state index contributed by atoms with van der Waals surface area (Å²) in [6.07, 6.45) is 1.47. The highest BCUT2D eigenvalue weighted by Gasteiger charge is 2.09. The second-order valence-electron chi connectivity index (χ2n) is 3.14. The van der Waals surface area contributed by atoms with E-state index in [9.17, 15) is 4.79 Å². The van der Waals surface area contributed by atoms with Gasteiger partial charge in [0.05, 0.1) is 17.7 Å². The minimum absolute atomic E-state index is 0.360. The normalized spacial score (nSPS) is 10.5. The first-order chi connectivity index (χ1) is 7.20. The number of fused-ring (bicyclic) bond motifs is 1. The summed E-state index contributed by atoms with van der Waals surface area (Å²) in [6, 6.07) is 1.69. The van der Waals surface area contributed by atoms with Crippen LogP contribution in [-0.2, 0) is 4.74 Å². The lowest BCUT2D eigenvalue weighted by atomic mass is 10.3. The molecule has 0 aromatic carbocycles. The Morgan fingerprint density at radius 3 is 3.13 bits per heavy atom. The van der Waals surface area contributed by atoms with Crippen molar-refractivity contribution in [3.05, 3.63) is 23.7 Å². The molecule has 1 N–H and O–H groups in total. The Kier molecular flexibility index (Phi) is 2.37. The molecular formula is C10H11N3O2. The van der Waals surface area contributed by atoms with E-state index in [0.717, 1.165) is 11.3 Å². The van der Waals surface area contributed by atoms with Crippen molar-refractivity contribution >= 4 is 17.1 Å². The molecule has 0 spiro atoms. The van der Waals surface area contributed by atoms with E-state index >= 15 is 0 Å². The van der Waals surface area contributed by atoms with Gasteiger partial charge in [0.2, 0.25) is 0 Å². The number of nitrogens with zero attached hydrogens (tertiary/aromatic N) is 2. The summed E-state index contributed by atoms with van der Waals surface area (Å²) in [4.78, 5) is 22.6. The third-order valence-corrected chi connectivity index (χ3v) is 1.97. The predicted molar refractivity (Wildman–Crippen MR) is 54.6 cm³/mol. The zero-order valence-corrected chi connectivity index (χ0v) is 8.57. The fraction of sp³-hybridized carbons (Fsp3) is 0.300. The Balaban J connectivity index is 2.41. The van der Waals surface area contributed by atoms with Crippen LogP contribution in [0.3, 0.4) is 0 Å². The summed E-state index contributed by atoms with van der Waals surface area (Å²) in [6.45, 7) is 3.97. The maximum atomic E-state index is 11.4. The van der Waals surface area contributed by atoms with Gasteiger partial charge in [0.15, 0.2) is 5.65 Å². The van der Waals surface area contributed by atoms with Crippen molar-refractivity contribution in [2.24, 2.45) is 0 Å². The van der Waals surface area contributed by atoms with Gasteiger partial charge in [0.25, 0.3) is 0 Å². The molecule has 15 heavy (non-hydrogen) atoms. The summed E-state index contributed by atoms with van der Waals surface area (Å²) in [5.41, 5.74) is 1.80. The largest absolute Gasteiger partial charge is 0.462 e. The molecule has 5 nitrogen and oxygen atoms in total. The topological polar surface area (TPSA) is 67.9 Å². The number of esters is 1. The molecule has 0 atom stereocenters. The molecule has 5 heteroatoms. The Labute approximate surface area is 86.5 Å². The summed E-state index contributed by atoms with van der Waals surface area (Å²) in [7, 11) is 0. The lowest BCUT2D eigenvalue weighted by molar-refractivity contribution is 0.0526. The third kappa shape index (κ3) is 1.81. The highest BCUT2D eigenvalue weighted by molar-refractivity contribution is 5.92. The van der Waals surface area contributed by atoms with E-state index in [1.807, 2.05) is 6.92 Å². The van der Waals surface area contributed by atoms with E-state index in [1.165, 1.54) is 6.20 Å². The molecular weight excluding hydrogens is 194 g/mol. The summed E-state index contributed by atoms with van der Waals surface area (Å²) >= 11 is 0. The van der Waals surface area contributed by atoms with Crippen LogP contribution in [0, 0.1) is 6.92 Å². The fourth-order valence-corrected chi connectivity index (χ4v) is 1.35. The first-order valence-corrected chi connectivity index (χ1v) is 4.70. The van der Waals surface area contributed by atoms with Crippen LogP contribution in [0.5, 0.6) is 0 Å². The van der Waals surface area contributed by atoms with Gasteiger partial charge in [-0.05, 0) is 19.9 Å². The summed E-state index contributed by atoms with van der Waals surface area (Å²) in [5.74, 6) is 0.415. The molecule has 0 amide bonds. The standard InChI is InChI=1S/C10H11N3O2/c1-3-15-10(14)7-4-8-9(11-5-7)13-6(2)12-8/h4-5H,3H2,1-2H3,(H,11,12,13). The van der Waals surface area contributed by atoms with Crippen LogP contribution in [0.25, 0.3) is 11.2 Å². The van der Waals surface area contributed by atoms with Crippen LogP contribution in [0.1, 0.15) is 23.1 Å². The van der Waals surface area contributed by atoms with Gasteiger partial charge in [-0.1, -0.05) is 0 Å². The van der Waals surface area contributed by atoms with Crippen LogP contribution >= 0.6 is 0 Å². The Hall–Kier alpha value is -1.91. The van der Waals surface area contributed by atoms with Gasteiger partial charge in [-0.25, -0.2) is 14.8 Å². The van der Waals surface area contributed by atoms with Crippen molar-refractivity contribution in [1.29, 1.82) is 0 Å². The molecule has 0 fully saturated rings. The molecule has 0 aliphatic rings. The highest BCUT2D eigenvalue weighted by atomic mass is 16.5. The minimum Gasteiger partial charge on any atom is -0.462 e. The van der Waals surface area contributed by atoms with Gasteiger partial charge in [0, 0.05) is 6.20 Å². The lowest BCUT2D eigenvalue weighted by Crippen LogP contribution is -2.04. The highest BCUT2D eigenvalue weighted by Crippen LogP contribution is 2.11. The second-order valence-corrected chi connectivity index (χ2v) is 3.14.